The number of nitrogens with zero attached hydrogens (tertiary/aromatic N) is 1. The first-order valence-electron chi connectivity index (χ1n) is 7.68. The standard InChI is InChI=1S/C16H16F2N4O3/c1-8-10(11-4-9(17)5-12(18)15(11)21-8)2-3-19-13(23)7-22-14(24)6-20-16(22)25/h4-5,21H,2-3,6-7H2,1H3,(H,19,23)(H,20,25). The fraction of sp³-hybridized carbons (Fsp3) is 0.312. The van der Waals surface area contributed by atoms with Crippen LogP contribution < -0.4 is 10.6 Å². The van der Waals surface area contributed by atoms with Crippen LogP contribution in [0.3, 0.4) is 0 Å². The molecule has 132 valence electrons. The molecular formula is C16H16F2N4O3. The van der Waals surface area contributed by atoms with Gasteiger partial charge in [-0.2, -0.15) is 0 Å². The minimum atomic E-state index is -0.674. The molecule has 25 heavy (non-hydrogen) atoms. The molecule has 7 nitrogen and oxygen atoms in total. The topological polar surface area (TPSA) is 94.3 Å². The Bertz CT molecular complexity index is 862. The molecule has 1 saturated heterocycles. The van der Waals surface area contributed by atoms with Gasteiger partial charge in [0.25, 0.3) is 5.91 Å². The Hall–Kier alpha value is -2.97. The van der Waals surface area contributed by atoms with Crippen LogP contribution in [0, 0.1) is 18.6 Å². The number of aryl methyl sites for hydroxylation is 1. The smallest absolute Gasteiger partial charge is 0.325 e. The van der Waals surface area contributed by atoms with E-state index in [0.29, 0.717) is 23.1 Å². The molecule has 0 saturated carbocycles. The quantitative estimate of drug-likeness (QED) is 0.701. The Morgan fingerprint density at radius 3 is 2.76 bits per heavy atom. The molecule has 3 N–H and O–H groups in total. The van der Waals surface area contributed by atoms with Crippen LogP contribution in [0.15, 0.2) is 12.1 Å². The van der Waals surface area contributed by atoms with Gasteiger partial charge in [0.15, 0.2) is 0 Å². The highest BCUT2D eigenvalue weighted by atomic mass is 19.1. The Kier molecular flexibility index (Phi) is 4.39. The van der Waals surface area contributed by atoms with E-state index in [1.54, 1.807) is 6.92 Å². The number of H-pyrrole nitrogens is 1. The zero-order chi connectivity index (χ0) is 18.1. The average Bonchev–Trinajstić information content (AvgIpc) is 3.02. The number of urea groups is 1. The van der Waals surface area contributed by atoms with Crippen LogP contribution in [-0.4, -0.2) is 47.4 Å². The molecule has 0 aliphatic carbocycles. The molecule has 0 bridgehead atoms. The second kappa shape index (κ2) is 6.50. The van der Waals surface area contributed by atoms with Crippen molar-refractivity contribution in [2.24, 2.45) is 0 Å². The van der Waals surface area contributed by atoms with E-state index in [9.17, 15) is 23.2 Å². The number of rotatable bonds is 5. The van der Waals surface area contributed by atoms with E-state index in [0.717, 1.165) is 11.0 Å². The summed E-state index contributed by atoms with van der Waals surface area (Å²) in [4.78, 5) is 38.4. The number of hydrogen-bond acceptors (Lipinski definition) is 3. The SMILES string of the molecule is Cc1[nH]c2c(F)cc(F)cc2c1CCNC(=O)CN1C(=O)CNC1=O. The third kappa shape index (κ3) is 3.30. The van der Waals surface area contributed by atoms with Gasteiger partial charge in [-0.05, 0) is 25.0 Å². The number of amides is 4. The van der Waals surface area contributed by atoms with Gasteiger partial charge < -0.3 is 15.6 Å². The Morgan fingerprint density at radius 1 is 1.32 bits per heavy atom. The van der Waals surface area contributed by atoms with E-state index in [1.165, 1.54) is 6.07 Å². The van der Waals surface area contributed by atoms with E-state index in [2.05, 4.69) is 15.6 Å². The van der Waals surface area contributed by atoms with Crippen LogP contribution in [0.25, 0.3) is 10.9 Å². The minimum Gasteiger partial charge on any atom is -0.356 e. The molecule has 2 aromatic rings. The van der Waals surface area contributed by atoms with E-state index >= 15 is 0 Å². The maximum atomic E-state index is 13.8. The molecule has 1 aliphatic rings. The van der Waals surface area contributed by atoms with Crippen molar-refractivity contribution in [3.63, 3.8) is 0 Å². The van der Waals surface area contributed by atoms with Crippen LogP contribution in [0.4, 0.5) is 13.6 Å². The summed E-state index contributed by atoms with van der Waals surface area (Å²) in [5.41, 5.74) is 1.60. The Balaban J connectivity index is 1.63. The number of nitrogens with one attached hydrogen (secondary N) is 3. The van der Waals surface area contributed by atoms with Crippen molar-refractivity contribution in [2.75, 3.05) is 19.6 Å². The summed E-state index contributed by atoms with van der Waals surface area (Å²) in [6.07, 6.45) is 0.348. The highest BCUT2D eigenvalue weighted by Gasteiger charge is 2.29. The largest absolute Gasteiger partial charge is 0.356 e. The molecule has 1 aromatic carbocycles. The first-order chi connectivity index (χ1) is 11.9. The van der Waals surface area contributed by atoms with Gasteiger partial charge in [0.2, 0.25) is 5.91 Å². The number of imide groups is 1. The van der Waals surface area contributed by atoms with Gasteiger partial charge >= 0.3 is 6.03 Å². The predicted octanol–water partition coefficient (Wildman–Crippen LogP) is 0.965. The summed E-state index contributed by atoms with van der Waals surface area (Å²) < 4.78 is 27.2. The molecule has 0 radical (unpaired) electrons. The van der Waals surface area contributed by atoms with Crippen LogP contribution >= 0.6 is 0 Å². The third-order valence-electron chi connectivity index (χ3n) is 4.08. The fourth-order valence-electron chi connectivity index (χ4n) is 2.87. The Labute approximate surface area is 141 Å². The monoisotopic (exact) mass is 350 g/mol. The van der Waals surface area contributed by atoms with Crippen molar-refractivity contribution in [1.82, 2.24) is 20.5 Å². The number of fused-ring (bicyclic) bond motifs is 1. The fourth-order valence-corrected chi connectivity index (χ4v) is 2.87. The van der Waals surface area contributed by atoms with Gasteiger partial charge in [-0.25, -0.2) is 13.6 Å². The average molecular weight is 350 g/mol. The lowest BCUT2D eigenvalue weighted by atomic mass is 10.1. The second-order valence-corrected chi connectivity index (χ2v) is 5.78. The molecule has 0 spiro atoms. The summed E-state index contributed by atoms with van der Waals surface area (Å²) in [6.45, 7) is 1.47. The lowest BCUT2D eigenvalue weighted by Gasteiger charge is -2.12. The number of aromatic nitrogens is 1. The molecule has 2 heterocycles. The van der Waals surface area contributed by atoms with Crippen molar-refractivity contribution < 1.29 is 23.2 Å². The Morgan fingerprint density at radius 2 is 2.08 bits per heavy atom. The molecule has 3 rings (SSSR count). The number of benzene rings is 1. The summed E-state index contributed by atoms with van der Waals surface area (Å²) in [7, 11) is 0. The van der Waals surface area contributed by atoms with Gasteiger partial charge in [0.05, 0.1) is 12.1 Å². The van der Waals surface area contributed by atoms with E-state index in [4.69, 9.17) is 0 Å². The summed E-state index contributed by atoms with van der Waals surface area (Å²) in [5.74, 6) is -2.29. The van der Waals surface area contributed by atoms with Crippen LogP contribution in [-0.2, 0) is 16.0 Å². The summed E-state index contributed by atoms with van der Waals surface area (Å²) in [5, 5.41) is 5.35. The maximum Gasteiger partial charge on any atom is 0.325 e. The molecule has 1 aromatic heterocycles. The number of carbonyl (C=O) groups excluding carboxylic acids is 3. The van der Waals surface area contributed by atoms with Gasteiger partial charge in [-0.1, -0.05) is 0 Å². The molecular weight excluding hydrogens is 334 g/mol. The molecule has 9 heteroatoms. The maximum absolute atomic E-state index is 13.8. The van der Waals surface area contributed by atoms with Crippen molar-refractivity contribution in [3.8, 4) is 0 Å². The highest BCUT2D eigenvalue weighted by Crippen LogP contribution is 2.25. The van der Waals surface area contributed by atoms with Crippen LogP contribution in [0.5, 0.6) is 0 Å². The van der Waals surface area contributed by atoms with Crippen molar-refractivity contribution >= 4 is 28.7 Å². The number of carbonyl (C=O) groups is 3. The third-order valence-corrected chi connectivity index (χ3v) is 4.08. The highest BCUT2D eigenvalue weighted by molar-refractivity contribution is 6.04. The second-order valence-electron chi connectivity index (χ2n) is 5.78. The van der Waals surface area contributed by atoms with Crippen molar-refractivity contribution in [2.45, 2.75) is 13.3 Å². The zero-order valence-corrected chi connectivity index (χ0v) is 13.4. The molecule has 4 amide bonds. The van der Waals surface area contributed by atoms with E-state index in [-0.39, 0.29) is 25.2 Å². The van der Waals surface area contributed by atoms with Gasteiger partial charge in [0.1, 0.15) is 18.2 Å². The van der Waals surface area contributed by atoms with E-state index in [1.807, 2.05) is 0 Å². The number of aromatic amines is 1. The van der Waals surface area contributed by atoms with Gasteiger partial charge in [0, 0.05) is 23.7 Å². The van der Waals surface area contributed by atoms with Crippen molar-refractivity contribution in [3.05, 3.63) is 35.0 Å². The van der Waals surface area contributed by atoms with Gasteiger partial charge in [-0.3, -0.25) is 14.5 Å². The number of halogens is 2. The predicted molar refractivity (Wildman–Crippen MR) is 84.8 cm³/mol. The normalized spacial score (nSPS) is 14.3. The molecule has 1 fully saturated rings. The lowest BCUT2D eigenvalue weighted by Crippen LogP contribution is -2.41. The van der Waals surface area contributed by atoms with Gasteiger partial charge in [-0.15, -0.1) is 0 Å². The summed E-state index contributed by atoms with van der Waals surface area (Å²) >= 11 is 0. The molecule has 0 atom stereocenters. The lowest BCUT2D eigenvalue weighted by molar-refractivity contribution is -0.130. The minimum absolute atomic E-state index is 0.113. The van der Waals surface area contributed by atoms with Crippen LogP contribution in [0.1, 0.15) is 11.3 Å². The first kappa shape index (κ1) is 16.9. The first-order valence-corrected chi connectivity index (χ1v) is 7.68. The van der Waals surface area contributed by atoms with Crippen LogP contribution in [0.2, 0.25) is 0 Å². The van der Waals surface area contributed by atoms with Crippen molar-refractivity contribution in [1.29, 1.82) is 0 Å². The zero-order valence-electron chi connectivity index (χ0n) is 13.4. The summed E-state index contributed by atoms with van der Waals surface area (Å²) in [6, 6.07) is 1.45. The van der Waals surface area contributed by atoms with E-state index < -0.39 is 29.5 Å². The molecule has 1 aliphatic heterocycles. The molecule has 0 unspecified atom stereocenters. The number of hydrogen-bond donors (Lipinski definition) is 3.